The second kappa shape index (κ2) is 5.77. The molecule has 1 atom stereocenters. The average molecular weight is 270 g/mol. The molecule has 2 fully saturated rings. The first-order chi connectivity index (χ1) is 8.05. The van der Waals surface area contributed by atoms with Crippen LogP contribution in [0.4, 0.5) is 13.2 Å². The normalized spacial score (nSPS) is 29.5. The summed E-state index contributed by atoms with van der Waals surface area (Å²) in [5.74, 6) is -1.16. The maximum Gasteiger partial charge on any atom is 0.393 e. The van der Waals surface area contributed by atoms with Crippen LogP contribution in [0.5, 0.6) is 0 Å². The highest BCUT2D eigenvalue weighted by atomic mass is 32.2. The van der Waals surface area contributed by atoms with E-state index in [9.17, 15) is 13.2 Å². The predicted octanol–water partition coefficient (Wildman–Crippen LogP) is 2.16. The molecule has 2 heterocycles. The van der Waals surface area contributed by atoms with Gasteiger partial charge in [-0.3, -0.25) is 0 Å². The molecule has 0 aromatic rings. The van der Waals surface area contributed by atoms with Gasteiger partial charge in [0.25, 0.3) is 0 Å². The zero-order valence-corrected chi connectivity index (χ0v) is 10.4. The maximum atomic E-state index is 12.6. The van der Waals surface area contributed by atoms with E-state index in [4.69, 9.17) is 4.74 Å². The minimum Gasteiger partial charge on any atom is -0.379 e. The van der Waals surface area contributed by atoms with E-state index in [1.165, 1.54) is 12.1 Å². The molecule has 1 unspecified atom stereocenters. The summed E-state index contributed by atoms with van der Waals surface area (Å²) >= 11 is 1.45. The van der Waals surface area contributed by atoms with Crippen molar-refractivity contribution in [1.82, 2.24) is 8.61 Å². The second-order valence-corrected chi connectivity index (χ2v) is 5.59. The highest BCUT2D eigenvalue weighted by Gasteiger charge is 2.42. The number of alkyl halides is 3. The Hall–Kier alpha value is 0.0200. The molecule has 17 heavy (non-hydrogen) atoms. The highest BCUT2D eigenvalue weighted by Crippen LogP contribution is 2.35. The van der Waals surface area contributed by atoms with Gasteiger partial charge >= 0.3 is 6.18 Å². The predicted molar refractivity (Wildman–Crippen MR) is 60.3 cm³/mol. The SMILES string of the molecule is FC(F)(F)C1CCCN(SN2CCOCC2)C1. The van der Waals surface area contributed by atoms with Gasteiger partial charge in [0.15, 0.2) is 0 Å². The van der Waals surface area contributed by atoms with Crippen molar-refractivity contribution in [2.45, 2.75) is 19.0 Å². The average Bonchev–Trinajstić information content (AvgIpc) is 2.29. The number of nitrogens with zero attached hydrogens (tertiary/aromatic N) is 2. The van der Waals surface area contributed by atoms with Crippen molar-refractivity contribution in [1.29, 1.82) is 0 Å². The van der Waals surface area contributed by atoms with Crippen molar-refractivity contribution in [3.05, 3.63) is 0 Å². The van der Waals surface area contributed by atoms with Gasteiger partial charge < -0.3 is 4.74 Å². The number of rotatable bonds is 2. The molecule has 2 rings (SSSR count). The largest absolute Gasteiger partial charge is 0.393 e. The quantitative estimate of drug-likeness (QED) is 0.714. The van der Waals surface area contributed by atoms with E-state index in [1.54, 1.807) is 0 Å². The molecule has 7 heteroatoms. The third-order valence-corrected chi connectivity index (χ3v) is 4.21. The summed E-state index contributed by atoms with van der Waals surface area (Å²) in [4.78, 5) is 0. The van der Waals surface area contributed by atoms with Crippen LogP contribution in [0.25, 0.3) is 0 Å². The van der Waals surface area contributed by atoms with E-state index in [0.29, 0.717) is 19.6 Å². The van der Waals surface area contributed by atoms with E-state index in [-0.39, 0.29) is 13.0 Å². The molecule has 0 bridgehead atoms. The number of ether oxygens (including phenoxy) is 1. The Balaban J connectivity index is 1.80. The number of hydrogen-bond donors (Lipinski definition) is 0. The number of hydrogen-bond acceptors (Lipinski definition) is 4. The summed E-state index contributed by atoms with van der Waals surface area (Å²) in [5, 5.41) is 0. The van der Waals surface area contributed by atoms with Crippen LogP contribution in [0.15, 0.2) is 0 Å². The lowest BCUT2D eigenvalue weighted by atomic mass is 9.99. The fourth-order valence-corrected chi connectivity index (χ4v) is 3.17. The molecule has 2 saturated heterocycles. The zero-order chi connectivity index (χ0) is 12.3. The lowest BCUT2D eigenvalue weighted by Crippen LogP contribution is -2.42. The standard InChI is InChI=1S/C10H17F3N2OS/c11-10(12,13)9-2-1-3-15(8-9)17-14-4-6-16-7-5-14/h9H,1-8H2. The van der Waals surface area contributed by atoms with Gasteiger partial charge in [-0.1, -0.05) is 0 Å². The van der Waals surface area contributed by atoms with Crippen LogP contribution in [0.1, 0.15) is 12.8 Å². The van der Waals surface area contributed by atoms with Crippen LogP contribution in [0.2, 0.25) is 0 Å². The first kappa shape index (κ1) is 13.5. The summed E-state index contributed by atoms with van der Waals surface area (Å²) in [5.41, 5.74) is 0. The molecule has 0 N–H and O–H groups in total. The van der Waals surface area contributed by atoms with E-state index in [2.05, 4.69) is 4.31 Å². The second-order valence-electron chi connectivity index (χ2n) is 4.39. The molecule has 0 spiro atoms. The van der Waals surface area contributed by atoms with Crippen LogP contribution in [0.3, 0.4) is 0 Å². The zero-order valence-electron chi connectivity index (χ0n) is 9.58. The third-order valence-electron chi connectivity index (χ3n) is 3.05. The van der Waals surface area contributed by atoms with Crippen molar-refractivity contribution in [2.75, 3.05) is 39.4 Å². The van der Waals surface area contributed by atoms with Gasteiger partial charge in [0.1, 0.15) is 0 Å². The topological polar surface area (TPSA) is 15.7 Å². The fourth-order valence-electron chi connectivity index (χ4n) is 2.08. The van der Waals surface area contributed by atoms with Crippen molar-refractivity contribution < 1.29 is 17.9 Å². The van der Waals surface area contributed by atoms with E-state index in [0.717, 1.165) is 19.6 Å². The molecule has 0 aromatic heterocycles. The summed E-state index contributed by atoms with van der Waals surface area (Å²) < 4.78 is 47.0. The van der Waals surface area contributed by atoms with Gasteiger partial charge in [0.05, 0.1) is 19.1 Å². The molecule has 3 nitrogen and oxygen atoms in total. The number of piperidine rings is 1. The minimum atomic E-state index is -4.05. The van der Waals surface area contributed by atoms with Gasteiger partial charge in [-0.15, -0.1) is 0 Å². The summed E-state index contributed by atoms with van der Waals surface area (Å²) in [7, 11) is 0. The molecule has 0 aromatic carbocycles. The molecular formula is C10H17F3N2OS. The maximum absolute atomic E-state index is 12.6. The molecule has 0 saturated carbocycles. The van der Waals surface area contributed by atoms with Gasteiger partial charge in [-0.2, -0.15) is 13.2 Å². The molecule has 0 radical (unpaired) electrons. The number of morpholine rings is 1. The number of halogens is 3. The molecule has 2 aliphatic heterocycles. The fraction of sp³-hybridized carbons (Fsp3) is 1.00. The Kier molecular flexibility index (Phi) is 4.57. The van der Waals surface area contributed by atoms with Gasteiger partial charge in [-0.05, 0) is 12.8 Å². The molecule has 100 valence electrons. The van der Waals surface area contributed by atoms with Crippen LogP contribution in [0, 0.1) is 5.92 Å². The van der Waals surface area contributed by atoms with E-state index in [1.807, 2.05) is 4.31 Å². The van der Waals surface area contributed by atoms with Crippen molar-refractivity contribution in [2.24, 2.45) is 5.92 Å². The lowest BCUT2D eigenvalue weighted by Gasteiger charge is -2.36. The van der Waals surface area contributed by atoms with E-state index < -0.39 is 12.1 Å². The Morgan fingerprint density at radius 2 is 1.76 bits per heavy atom. The summed E-state index contributed by atoms with van der Waals surface area (Å²) in [6, 6.07) is 0. The van der Waals surface area contributed by atoms with Gasteiger partial charge in [0.2, 0.25) is 0 Å². The van der Waals surface area contributed by atoms with Gasteiger partial charge in [-0.25, -0.2) is 8.61 Å². The van der Waals surface area contributed by atoms with E-state index >= 15 is 0 Å². The summed E-state index contributed by atoms with van der Waals surface area (Å²) in [6.07, 6.45) is -3.16. The lowest BCUT2D eigenvalue weighted by molar-refractivity contribution is -0.182. The highest BCUT2D eigenvalue weighted by molar-refractivity contribution is 7.94. The Labute approximate surface area is 104 Å². The summed E-state index contributed by atoms with van der Waals surface area (Å²) in [6.45, 7) is 3.78. The Bertz CT molecular complexity index is 246. The van der Waals surface area contributed by atoms with Crippen molar-refractivity contribution in [3.8, 4) is 0 Å². The Morgan fingerprint density at radius 3 is 2.41 bits per heavy atom. The monoisotopic (exact) mass is 270 g/mol. The first-order valence-electron chi connectivity index (χ1n) is 5.88. The van der Waals surface area contributed by atoms with Crippen molar-refractivity contribution in [3.63, 3.8) is 0 Å². The van der Waals surface area contributed by atoms with Crippen molar-refractivity contribution >= 4 is 12.1 Å². The van der Waals surface area contributed by atoms with Crippen LogP contribution >= 0.6 is 12.1 Å². The third kappa shape index (κ3) is 4.01. The molecular weight excluding hydrogens is 253 g/mol. The minimum absolute atomic E-state index is 0.117. The molecule has 0 amide bonds. The van der Waals surface area contributed by atoms with Crippen LogP contribution in [-0.4, -0.2) is 54.2 Å². The first-order valence-corrected chi connectivity index (χ1v) is 6.61. The van der Waals surface area contributed by atoms with Gasteiger partial charge in [0, 0.05) is 38.3 Å². The molecule has 0 aliphatic carbocycles. The van der Waals surface area contributed by atoms with Crippen LogP contribution < -0.4 is 0 Å². The molecule has 2 aliphatic rings. The Morgan fingerprint density at radius 1 is 1.06 bits per heavy atom. The van der Waals surface area contributed by atoms with Crippen LogP contribution in [-0.2, 0) is 4.74 Å². The smallest absolute Gasteiger partial charge is 0.379 e.